The van der Waals surface area contributed by atoms with Crippen LogP contribution in [0, 0.1) is 11.3 Å². The van der Waals surface area contributed by atoms with Gasteiger partial charge in [0, 0.05) is 0 Å². The third-order valence-electron chi connectivity index (χ3n) is 1.58. The van der Waals surface area contributed by atoms with Gasteiger partial charge in [-0.05, 0) is 6.42 Å². The van der Waals surface area contributed by atoms with Crippen LogP contribution < -0.4 is 0 Å². The van der Waals surface area contributed by atoms with Crippen molar-refractivity contribution in [2.75, 3.05) is 0 Å². The van der Waals surface area contributed by atoms with E-state index in [-0.39, 0.29) is 0 Å². The number of nitrogens with zero attached hydrogens (tertiary/aromatic N) is 4. The first-order valence-corrected chi connectivity index (χ1v) is 3.76. The fourth-order valence-electron chi connectivity index (χ4n) is 1.04. The minimum Gasteiger partial charge on any atom is -0.244 e. The van der Waals surface area contributed by atoms with Crippen LogP contribution in [0.3, 0.4) is 0 Å². The standard InChI is InChI=1S/C8H10N4/c1-3-5-12-8(4-2)7(6-9)10-11-12/h3H,1,4-5H2,2H3. The van der Waals surface area contributed by atoms with Crippen molar-refractivity contribution in [2.45, 2.75) is 19.9 Å². The summed E-state index contributed by atoms with van der Waals surface area (Å²) in [4.78, 5) is 0. The summed E-state index contributed by atoms with van der Waals surface area (Å²) in [7, 11) is 0. The highest BCUT2D eigenvalue weighted by Crippen LogP contribution is 2.04. The normalized spacial score (nSPS) is 9.33. The predicted molar refractivity (Wildman–Crippen MR) is 44.3 cm³/mol. The van der Waals surface area contributed by atoms with Gasteiger partial charge in [0.15, 0.2) is 5.69 Å². The highest BCUT2D eigenvalue weighted by Gasteiger charge is 2.08. The molecule has 0 amide bonds. The quantitative estimate of drug-likeness (QED) is 0.620. The molecule has 0 N–H and O–H groups in total. The second-order valence-electron chi connectivity index (χ2n) is 2.32. The molecular formula is C8H10N4. The van der Waals surface area contributed by atoms with Gasteiger partial charge in [-0.2, -0.15) is 5.26 Å². The second-order valence-corrected chi connectivity index (χ2v) is 2.32. The summed E-state index contributed by atoms with van der Waals surface area (Å²) in [5.41, 5.74) is 1.29. The number of nitriles is 1. The molecule has 1 aromatic rings. The van der Waals surface area contributed by atoms with Gasteiger partial charge in [0.2, 0.25) is 0 Å². The number of allylic oxidation sites excluding steroid dienone is 1. The molecular weight excluding hydrogens is 152 g/mol. The fraction of sp³-hybridized carbons (Fsp3) is 0.375. The van der Waals surface area contributed by atoms with Gasteiger partial charge >= 0.3 is 0 Å². The molecule has 62 valence electrons. The smallest absolute Gasteiger partial charge is 0.185 e. The molecule has 0 aliphatic carbocycles. The summed E-state index contributed by atoms with van der Waals surface area (Å²) in [6, 6.07) is 2.00. The Kier molecular flexibility index (Phi) is 2.59. The lowest BCUT2D eigenvalue weighted by Crippen LogP contribution is -2.02. The van der Waals surface area contributed by atoms with Gasteiger partial charge in [0.25, 0.3) is 0 Å². The van der Waals surface area contributed by atoms with Crippen molar-refractivity contribution in [3.05, 3.63) is 24.0 Å². The van der Waals surface area contributed by atoms with E-state index in [2.05, 4.69) is 16.9 Å². The van der Waals surface area contributed by atoms with Crippen molar-refractivity contribution in [3.8, 4) is 6.07 Å². The zero-order chi connectivity index (χ0) is 8.97. The summed E-state index contributed by atoms with van der Waals surface area (Å²) >= 11 is 0. The monoisotopic (exact) mass is 162 g/mol. The molecule has 0 saturated carbocycles. The topological polar surface area (TPSA) is 54.5 Å². The van der Waals surface area contributed by atoms with E-state index in [9.17, 15) is 0 Å². The van der Waals surface area contributed by atoms with Gasteiger partial charge in [0.05, 0.1) is 12.2 Å². The van der Waals surface area contributed by atoms with Crippen LogP contribution in [0.4, 0.5) is 0 Å². The summed E-state index contributed by atoms with van der Waals surface area (Å²) in [5, 5.41) is 16.2. The highest BCUT2D eigenvalue weighted by atomic mass is 15.4. The van der Waals surface area contributed by atoms with E-state index in [0.717, 1.165) is 12.1 Å². The summed E-state index contributed by atoms with van der Waals surface area (Å²) in [6.45, 7) is 6.18. The van der Waals surface area contributed by atoms with E-state index in [1.165, 1.54) is 0 Å². The lowest BCUT2D eigenvalue weighted by Gasteiger charge is -1.98. The van der Waals surface area contributed by atoms with Crippen LogP contribution >= 0.6 is 0 Å². The first-order valence-electron chi connectivity index (χ1n) is 3.76. The largest absolute Gasteiger partial charge is 0.244 e. The first kappa shape index (κ1) is 8.47. The number of hydrogen-bond acceptors (Lipinski definition) is 3. The molecule has 4 nitrogen and oxygen atoms in total. The highest BCUT2D eigenvalue weighted by molar-refractivity contribution is 5.24. The van der Waals surface area contributed by atoms with E-state index in [0.29, 0.717) is 12.2 Å². The van der Waals surface area contributed by atoms with Crippen molar-refractivity contribution in [1.29, 1.82) is 5.26 Å². The van der Waals surface area contributed by atoms with Crippen LogP contribution in [0.15, 0.2) is 12.7 Å². The lowest BCUT2D eigenvalue weighted by atomic mass is 10.3. The van der Waals surface area contributed by atoms with Crippen LogP contribution in [0.2, 0.25) is 0 Å². The Morgan fingerprint density at radius 2 is 2.50 bits per heavy atom. The Morgan fingerprint density at radius 1 is 1.75 bits per heavy atom. The molecule has 0 bridgehead atoms. The Hall–Kier alpha value is -1.63. The third kappa shape index (κ3) is 1.35. The lowest BCUT2D eigenvalue weighted by molar-refractivity contribution is 0.633. The molecule has 0 spiro atoms. The molecule has 0 fully saturated rings. The van der Waals surface area contributed by atoms with Crippen LogP contribution in [0.5, 0.6) is 0 Å². The first-order chi connectivity index (χ1) is 5.83. The van der Waals surface area contributed by atoms with Gasteiger partial charge in [-0.15, -0.1) is 11.7 Å². The van der Waals surface area contributed by atoms with Crippen molar-refractivity contribution < 1.29 is 0 Å². The summed E-state index contributed by atoms with van der Waals surface area (Å²) in [5.74, 6) is 0. The molecule has 1 heterocycles. The molecule has 0 unspecified atom stereocenters. The molecule has 12 heavy (non-hydrogen) atoms. The number of hydrogen-bond donors (Lipinski definition) is 0. The van der Waals surface area contributed by atoms with Gasteiger partial charge in [-0.1, -0.05) is 18.2 Å². The van der Waals surface area contributed by atoms with Crippen LogP contribution in [-0.4, -0.2) is 15.0 Å². The molecule has 0 atom stereocenters. The zero-order valence-electron chi connectivity index (χ0n) is 6.99. The van der Waals surface area contributed by atoms with Crippen molar-refractivity contribution in [1.82, 2.24) is 15.0 Å². The van der Waals surface area contributed by atoms with E-state index < -0.39 is 0 Å². The minimum absolute atomic E-state index is 0.416. The maximum absolute atomic E-state index is 8.64. The van der Waals surface area contributed by atoms with E-state index >= 15 is 0 Å². The molecule has 1 rings (SSSR count). The van der Waals surface area contributed by atoms with Crippen molar-refractivity contribution in [2.24, 2.45) is 0 Å². The molecule has 0 aliphatic heterocycles. The van der Waals surface area contributed by atoms with Crippen molar-refractivity contribution >= 4 is 0 Å². The van der Waals surface area contributed by atoms with Gasteiger partial charge in [-0.25, -0.2) is 4.68 Å². The maximum Gasteiger partial charge on any atom is 0.185 e. The predicted octanol–water partition coefficient (Wildman–Crippen LogP) is 0.898. The average Bonchev–Trinajstić information content (AvgIpc) is 2.47. The molecule has 1 aromatic heterocycles. The maximum atomic E-state index is 8.64. The van der Waals surface area contributed by atoms with Gasteiger partial charge in [0.1, 0.15) is 6.07 Å². The fourth-order valence-corrected chi connectivity index (χ4v) is 1.04. The third-order valence-corrected chi connectivity index (χ3v) is 1.58. The molecule has 0 aliphatic rings. The Morgan fingerprint density at radius 3 is 3.00 bits per heavy atom. The second kappa shape index (κ2) is 3.67. The molecule has 0 aromatic carbocycles. The number of rotatable bonds is 3. The zero-order valence-corrected chi connectivity index (χ0v) is 6.99. The van der Waals surface area contributed by atoms with Crippen LogP contribution in [0.1, 0.15) is 18.3 Å². The minimum atomic E-state index is 0.416. The molecule has 0 radical (unpaired) electrons. The van der Waals surface area contributed by atoms with Crippen LogP contribution in [-0.2, 0) is 13.0 Å². The summed E-state index contributed by atoms with van der Waals surface area (Å²) < 4.78 is 1.69. The SMILES string of the molecule is C=CCn1nnc(C#N)c1CC. The Balaban J connectivity index is 3.06. The number of aromatic nitrogens is 3. The van der Waals surface area contributed by atoms with E-state index in [4.69, 9.17) is 5.26 Å². The van der Waals surface area contributed by atoms with E-state index in [1.54, 1.807) is 10.8 Å². The Labute approximate surface area is 71.1 Å². The summed E-state index contributed by atoms with van der Waals surface area (Å²) in [6.07, 6.45) is 2.50. The molecule has 0 saturated heterocycles. The average molecular weight is 162 g/mol. The van der Waals surface area contributed by atoms with Crippen LogP contribution in [0.25, 0.3) is 0 Å². The van der Waals surface area contributed by atoms with E-state index in [1.807, 2.05) is 13.0 Å². The van der Waals surface area contributed by atoms with Gasteiger partial charge in [-0.3, -0.25) is 0 Å². The Bertz CT molecular complexity index is 318. The van der Waals surface area contributed by atoms with Crippen molar-refractivity contribution in [3.63, 3.8) is 0 Å². The van der Waals surface area contributed by atoms with Gasteiger partial charge < -0.3 is 0 Å². The molecule has 4 heteroatoms.